The van der Waals surface area contributed by atoms with Crippen molar-refractivity contribution in [2.75, 3.05) is 14.2 Å². The minimum atomic E-state index is -1.04. The number of hydrogen-bond acceptors (Lipinski definition) is 2. The fraction of sp³-hybridized carbons (Fsp3) is 0.250. The molecular weight excluding hydrogens is 291 g/mol. The lowest BCUT2D eigenvalue weighted by atomic mass is 10.2. The van der Waals surface area contributed by atoms with Crippen LogP contribution in [0.25, 0.3) is 0 Å². The molecule has 0 atom stereocenters. The first kappa shape index (κ1) is 15.2. The zero-order chi connectivity index (χ0) is 14.7. The van der Waals surface area contributed by atoms with Gasteiger partial charge in [0.1, 0.15) is 11.5 Å². The van der Waals surface area contributed by atoms with Gasteiger partial charge in [-0.05, 0) is 37.1 Å². The molecule has 0 heterocycles. The average molecular weight is 309 g/mol. The van der Waals surface area contributed by atoms with Crippen LogP contribution in [0.1, 0.15) is 11.1 Å². The Kier molecular flexibility index (Phi) is 4.91. The summed E-state index contributed by atoms with van der Waals surface area (Å²) < 4.78 is 10.9. The summed E-state index contributed by atoms with van der Waals surface area (Å²) in [5.41, 5.74) is 2.27. The molecule has 0 bridgehead atoms. The van der Waals surface area contributed by atoms with Gasteiger partial charge in [0, 0.05) is 10.6 Å². The summed E-state index contributed by atoms with van der Waals surface area (Å²) in [5.74, 6) is 1.66. The van der Waals surface area contributed by atoms with Gasteiger partial charge in [-0.15, -0.1) is 0 Å². The Labute approximate surface area is 126 Å². The molecule has 0 saturated heterocycles. The second-order valence-electron chi connectivity index (χ2n) is 4.53. The van der Waals surface area contributed by atoms with Gasteiger partial charge in [-0.3, -0.25) is 0 Å². The van der Waals surface area contributed by atoms with Crippen LogP contribution in [-0.4, -0.2) is 14.2 Å². The Hall–Kier alpha value is -1.24. The highest BCUT2D eigenvalue weighted by molar-refractivity contribution is 7.96. The molecule has 0 spiro atoms. The van der Waals surface area contributed by atoms with E-state index in [9.17, 15) is 0 Å². The molecule has 0 aromatic heterocycles. The van der Waals surface area contributed by atoms with E-state index >= 15 is 0 Å². The predicted octanol–water partition coefficient (Wildman–Crippen LogP) is 3.91. The molecule has 0 aliphatic rings. The highest BCUT2D eigenvalue weighted by Gasteiger charge is 2.23. The molecule has 0 aliphatic heterocycles. The largest absolute Gasteiger partial charge is 0.496 e. The first-order chi connectivity index (χ1) is 9.60. The third-order valence-corrected chi connectivity index (χ3v) is 6.18. The van der Waals surface area contributed by atoms with Crippen molar-refractivity contribution in [3.8, 4) is 11.5 Å². The van der Waals surface area contributed by atoms with Gasteiger partial charge >= 0.3 is 0 Å². The maximum absolute atomic E-state index is 6.81. The normalized spacial score (nSPS) is 10.7. The van der Waals surface area contributed by atoms with E-state index in [1.165, 1.54) is 0 Å². The Balaban J connectivity index is 2.60. The van der Waals surface area contributed by atoms with Crippen molar-refractivity contribution >= 4 is 29.1 Å². The van der Waals surface area contributed by atoms with Crippen LogP contribution in [-0.2, 0) is 0 Å². The zero-order valence-electron chi connectivity index (χ0n) is 12.1. The number of aryl methyl sites for hydroxylation is 2. The second kappa shape index (κ2) is 6.47. The summed E-state index contributed by atoms with van der Waals surface area (Å²) in [6.45, 7) is 4.11. The third kappa shape index (κ3) is 2.77. The van der Waals surface area contributed by atoms with E-state index in [0.717, 1.165) is 33.2 Å². The van der Waals surface area contributed by atoms with E-state index in [-0.39, 0.29) is 0 Å². The van der Waals surface area contributed by atoms with E-state index in [1.807, 2.05) is 24.3 Å². The summed E-state index contributed by atoms with van der Waals surface area (Å²) in [7, 11) is 2.30. The summed E-state index contributed by atoms with van der Waals surface area (Å²) in [5, 5.41) is 2.11. The maximum atomic E-state index is 6.81. The molecule has 2 aromatic carbocycles. The Morgan fingerprint density at radius 1 is 0.800 bits per heavy atom. The molecule has 2 aromatic rings. The average Bonchev–Trinajstić information content (AvgIpc) is 2.45. The number of halogens is 1. The monoisotopic (exact) mass is 308 g/mol. The van der Waals surface area contributed by atoms with Gasteiger partial charge in [0.25, 0.3) is 0 Å². The third-order valence-electron chi connectivity index (χ3n) is 3.23. The molecule has 0 aliphatic carbocycles. The summed E-state index contributed by atoms with van der Waals surface area (Å²) >= 11 is 6.81. The number of methoxy groups -OCH3 is 2. The summed E-state index contributed by atoms with van der Waals surface area (Å²) in [6.07, 6.45) is 0. The van der Waals surface area contributed by atoms with Gasteiger partial charge < -0.3 is 9.47 Å². The maximum Gasteiger partial charge on any atom is 0.128 e. The molecule has 20 heavy (non-hydrogen) atoms. The van der Waals surface area contributed by atoms with Crippen molar-refractivity contribution in [3.05, 3.63) is 47.5 Å². The van der Waals surface area contributed by atoms with E-state index in [1.54, 1.807) is 14.2 Å². The molecule has 0 saturated carbocycles. The van der Waals surface area contributed by atoms with Crippen LogP contribution in [0.5, 0.6) is 11.5 Å². The van der Waals surface area contributed by atoms with Gasteiger partial charge in [0.05, 0.1) is 21.5 Å². The lowest BCUT2D eigenvalue weighted by Crippen LogP contribution is -2.17. The summed E-state index contributed by atoms with van der Waals surface area (Å²) in [4.78, 5) is 0. The predicted molar refractivity (Wildman–Crippen MR) is 87.5 cm³/mol. The minimum absolute atomic E-state index is 0.830. The van der Waals surface area contributed by atoms with Crippen LogP contribution in [0.15, 0.2) is 36.4 Å². The number of rotatable bonds is 4. The second-order valence-corrected chi connectivity index (χ2v) is 7.00. The Morgan fingerprint density at radius 3 is 1.55 bits per heavy atom. The Bertz CT molecular complexity index is 560. The first-order valence-electron chi connectivity index (χ1n) is 6.33. The fourth-order valence-electron chi connectivity index (χ4n) is 2.21. The van der Waals surface area contributed by atoms with Gasteiger partial charge in [-0.1, -0.05) is 35.5 Å². The van der Waals surface area contributed by atoms with E-state index in [2.05, 4.69) is 26.0 Å². The van der Waals surface area contributed by atoms with Crippen molar-refractivity contribution in [3.63, 3.8) is 0 Å². The summed E-state index contributed by atoms with van der Waals surface area (Å²) in [6, 6.07) is 12.0. The van der Waals surface area contributed by atoms with Crippen molar-refractivity contribution < 1.29 is 9.47 Å². The lowest BCUT2D eigenvalue weighted by molar-refractivity contribution is 0.417. The van der Waals surface area contributed by atoms with Crippen LogP contribution in [0, 0.1) is 13.8 Å². The number of hydrogen-bond donors (Lipinski definition) is 0. The van der Waals surface area contributed by atoms with Gasteiger partial charge in [0.15, 0.2) is 0 Å². The smallest absolute Gasteiger partial charge is 0.128 e. The van der Waals surface area contributed by atoms with E-state index in [0.29, 0.717) is 0 Å². The van der Waals surface area contributed by atoms with Crippen LogP contribution in [0.3, 0.4) is 0 Å². The molecule has 0 amide bonds. The Morgan fingerprint density at radius 2 is 1.20 bits per heavy atom. The lowest BCUT2D eigenvalue weighted by Gasteiger charge is -2.20. The standard InChI is InChI=1S/C16H18ClO2P/c1-11-7-5-9-13(18-3)15(11)20(17)16-12(2)8-6-10-14(16)19-4/h5-10H,1-4H3. The highest BCUT2D eigenvalue weighted by atomic mass is 35.7. The first-order valence-corrected chi connectivity index (χ1v) is 8.58. The van der Waals surface area contributed by atoms with E-state index in [4.69, 9.17) is 20.7 Å². The van der Waals surface area contributed by atoms with Gasteiger partial charge in [0.2, 0.25) is 0 Å². The van der Waals surface area contributed by atoms with E-state index < -0.39 is 7.27 Å². The molecule has 4 heteroatoms. The zero-order valence-corrected chi connectivity index (χ0v) is 13.8. The highest BCUT2D eigenvalue weighted by Crippen LogP contribution is 2.46. The SMILES string of the molecule is COc1cccc(C)c1P(Cl)c1c(C)cccc1OC. The molecule has 0 N–H and O–H groups in total. The fourth-order valence-corrected chi connectivity index (χ4v) is 5.22. The van der Waals surface area contributed by atoms with Gasteiger partial charge in [-0.2, -0.15) is 0 Å². The molecule has 2 rings (SSSR count). The van der Waals surface area contributed by atoms with Crippen LogP contribution in [0.2, 0.25) is 0 Å². The number of benzene rings is 2. The van der Waals surface area contributed by atoms with Crippen molar-refractivity contribution in [1.82, 2.24) is 0 Å². The van der Waals surface area contributed by atoms with Crippen LogP contribution < -0.4 is 20.1 Å². The molecule has 106 valence electrons. The molecular formula is C16H18ClO2P. The minimum Gasteiger partial charge on any atom is -0.496 e. The van der Waals surface area contributed by atoms with Gasteiger partial charge in [-0.25, -0.2) is 0 Å². The molecule has 0 unspecified atom stereocenters. The van der Waals surface area contributed by atoms with Crippen molar-refractivity contribution in [2.24, 2.45) is 0 Å². The topological polar surface area (TPSA) is 18.5 Å². The molecule has 0 radical (unpaired) electrons. The van der Waals surface area contributed by atoms with Crippen molar-refractivity contribution in [1.29, 1.82) is 0 Å². The van der Waals surface area contributed by atoms with Crippen molar-refractivity contribution in [2.45, 2.75) is 13.8 Å². The molecule has 0 fully saturated rings. The van der Waals surface area contributed by atoms with Crippen LogP contribution >= 0.6 is 18.5 Å². The van der Waals surface area contributed by atoms with Crippen LogP contribution in [0.4, 0.5) is 0 Å². The quantitative estimate of drug-likeness (QED) is 0.797. The molecule has 2 nitrogen and oxygen atoms in total. The number of ether oxygens (including phenoxy) is 2.